The van der Waals surface area contributed by atoms with E-state index in [0.717, 1.165) is 28.5 Å². The Kier molecular flexibility index (Phi) is 8.38. The van der Waals surface area contributed by atoms with Crippen molar-refractivity contribution in [1.82, 2.24) is 20.0 Å². The largest absolute Gasteiger partial charge is 0.435 e. The van der Waals surface area contributed by atoms with E-state index >= 15 is 0 Å². The lowest BCUT2D eigenvalue weighted by atomic mass is 10.2. The number of nitrogens with zero attached hydrogens (tertiary/aromatic N) is 4. The quantitative estimate of drug-likeness (QED) is 0.510. The van der Waals surface area contributed by atoms with Crippen LogP contribution < -0.4 is 10.1 Å². The number of hydrogen-bond acceptors (Lipinski definition) is 4. The molecular formula is C20H29F2N5O2. The second kappa shape index (κ2) is 10.8. The number of aromatic nitrogens is 2. The molecule has 9 heteroatoms. The molecule has 0 aliphatic rings. The van der Waals surface area contributed by atoms with Crippen LogP contribution in [0.2, 0.25) is 0 Å². The maximum atomic E-state index is 12.3. The van der Waals surface area contributed by atoms with Crippen LogP contribution in [0.3, 0.4) is 0 Å². The first-order valence-corrected chi connectivity index (χ1v) is 9.33. The van der Waals surface area contributed by atoms with Gasteiger partial charge in [-0.05, 0) is 31.5 Å². The van der Waals surface area contributed by atoms with Gasteiger partial charge in [0.2, 0.25) is 0 Å². The van der Waals surface area contributed by atoms with E-state index in [9.17, 15) is 8.78 Å². The summed E-state index contributed by atoms with van der Waals surface area (Å²) in [6.45, 7) is 3.70. The molecule has 1 aromatic carbocycles. The van der Waals surface area contributed by atoms with Crippen LogP contribution in [0, 0.1) is 13.8 Å². The highest BCUT2D eigenvalue weighted by molar-refractivity contribution is 5.79. The lowest BCUT2D eigenvalue weighted by Crippen LogP contribution is -2.38. The summed E-state index contributed by atoms with van der Waals surface area (Å²) in [7, 11) is 5.31. The SMILES string of the molecule is CN=C(NCc1c(C)nn(CCOC)c1C)N(C)Cc1ccc(OC(F)F)cc1. The van der Waals surface area contributed by atoms with Crippen LogP contribution in [0.5, 0.6) is 5.75 Å². The topological polar surface area (TPSA) is 63.9 Å². The summed E-state index contributed by atoms with van der Waals surface area (Å²) in [6.07, 6.45) is 0. The second-order valence-electron chi connectivity index (χ2n) is 6.64. The molecule has 2 rings (SSSR count). The van der Waals surface area contributed by atoms with Crippen LogP contribution in [-0.4, -0.2) is 55.1 Å². The zero-order valence-corrected chi connectivity index (χ0v) is 17.6. The van der Waals surface area contributed by atoms with Crippen LogP contribution in [-0.2, 0) is 24.4 Å². The van der Waals surface area contributed by atoms with E-state index in [1.165, 1.54) is 12.1 Å². The van der Waals surface area contributed by atoms with E-state index < -0.39 is 6.61 Å². The summed E-state index contributed by atoms with van der Waals surface area (Å²) in [4.78, 5) is 6.29. The Hall–Kier alpha value is -2.68. The summed E-state index contributed by atoms with van der Waals surface area (Å²) in [6, 6.07) is 6.59. The van der Waals surface area contributed by atoms with Gasteiger partial charge in [-0.3, -0.25) is 9.67 Å². The third-order valence-corrected chi connectivity index (χ3v) is 4.60. The molecule has 2 aromatic rings. The highest BCUT2D eigenvalue weighted by Crippen LogP contribution is 2.16. The number of nitrogens with one attached hydrogen (secondary N) is 1. The maximum absolute atomic E-state index is 12.3. The van der Waals surface area contributed by atoms with Crippen LogP contribution >= 0.6 is 0 Å². The minimum Gasteiger partial charge on any atom is -0.435 e. The maximum Gasteiger partial charge on any atom is 0.387 e. The highest BCUT2D eigenvalue weighted by Gasteiger charge is 2.13. The van der Waals surface area contributed by atoms with Gasteiger partial charge in [0.05, 0.1) is 18.8 Å². The smallest absolute Gasteiger partial charge is 0.387 e. The van der Waals surface area contributed by atoms with Gasteiger partial charge in [-0.2, -0.15) is 13.9 Å². The number of halogens is 2. The molecule has 0 aliphatic carbocycles. The molecule has 0 unspecified atom stereocenters. The van der Waals surface area contributed by atoms with E-state index in [-0.39, 0.29) is 5.75 Å². The molecule has 0 amide bonds. The molecular weight excluding hydrogens is 380 g/mol. The van der Waals surface area contributed by atoms with Gasteiger partial charge in [0.25, 0.3) is 0 Å². The predicted octanol–water partition coefficient (Wildman–Crippen LogP) is 2.96. The van der Waals surface area contributed by atoms with E-state index in [1.54, 1.807) is 26.3 Å². The van der Waals surface area contributed by atoms with Gasteiger partial charge in [-0.15, -0.1) is 0 Å². The Morgan fingerprint density at radius 3 is 2.55 bits per heavy atom. The zero-order chi connectivity index (χ0) is 21.4. The minimum absolute atomic E-state index is 0.144. The third kappa shape index (κ3) is 6.42. The van der Waals surface area contributed by atoms with E-state index in [1.807, 2.05) is 30.5 Å². The first-order chi connectivity index (χ1) is 13.8. The monoisotopic (exact) mass is 409 g/mol. The summed E-state index contributed by atoms with van der Waals surface area (Å²) in [5, 5.41) is 7.93. The summed E-state index contributed by atoms with van der Waals surface area (Å²) >= 11 is 0. The van der Waals surface area contributed by atoms with Gasteiger partial charge in [-0.1, -0.05) is 12.1 Å². The normalized spacial score (nSPS) is 11.8. The number of rotatable bonds is 9. The first-order valence-electron chi connectivity index (χ1n) is 9.33. The van der Waals surface area contributed by atoms with Crippen molar-refractivity contribution in [2.75, 3.05) is 27.8 Å². The summed E-state index contributed by atoms with van der Waals surface area (Å²) < 4.78 is 36.0. The van der Waals surface area contributed by atoms with E-state index in [4.69, 9.17) is 4.74 Å². The fourth-order valence-corrected chi connectivity index (χ4v) is 3.06. The van der Waals surface area contributed by atoms with Crippen LogP contribution in [0.4, 0.5) is 8.78 Å². The number of guanidine groups is 1. The van der Waals surface area contributed by atoms with Gasteiger partial charge in [-0.25, -0.2) is 0 Å². The number of hydrogen-bond donors (Lipinski definition) is 1. The average Bonchev–Trinajstić information content (AvgIpc) is 2.95. The molecule has 1 N–H and O–H groups in total. The van der Waals surface area contributed by atoms with Crippen LogP contribution in [0.25, 0.3) is 0 Å². The Balaban J connectivity index is 1.97. The molecule has 29 heavy (non-hydrogen) atoms. The van der Waals surface area contributed by atoms with Gasteiger partial charge >= 0.3 is 6.61 Å². The fraction of sp³-hybridized carbons (Fsp3) is 0.500. The van der Waals surface area contributed by atoms with Crippen molar-refractivity contribution >= 4 is 5.96 Å². The molecule has 160 valence electrons. The van der Waals surface area contributed by atoms with Crippen LogP contribution in [0.15, 0.2) is 29.3 Å². The van der Waals surface area contributed by atoms with Crippen molar-refractivity contribution in [1.29, 1.82) is 0 Å². The van der Waals surface area contributed by atoms with Crippen molar-refractivity contribution in [3.05, 3.63) is 46.8 Å². The Bertz CT molecular complexity index is 806. The lowest BCUT2D eigenvalue weighted by Gasteiger charge is -2.22. The number of alkyl halides is 2. The number of aliphatic imine (C=N–C) groups is 1. The van der Waals surface area contributed by atoms with Gasteiger partial charge in [0.15, 0.2) is 5.96 Å². The number of ether oxygens (including phenoxy) is 2. The molecule has 0 fully saturated rings. The zero-order valence-electron chi connectivity index (χ0n) is 17.6. The molecule has 0 atom stereocenters. The molecule has 0 radical (unpaired) electrons. The molecule has 0 saturated carbocycles. The number of methoxy groups -OCH3 is 1. The highest BCUT2D eigenvalue weighted by atomic mass is 19.3. The minimum atomic E-state index is -2.82. The molecule has 7 nitrogen and oxygen atoms in total. The average molecular weight is 409 g/mol. The molecule has 1 aromatic heterocycles. The van der Waals surface area contributed by atoms with Gasteiger partial charge in [0.1, 0.15) is 5.75 Å². The van der Waals surface area contributed by atoms with Crippen molar-refractivity contribution in [3.8, 4) is 5.75 Å². The molecule has 0 aliphatic heterocycles. The predicted molar refractivity (Wildman–Crippen MR) is 108 cm³/mol. The lowest BCUT2D eigenvalue weighted by molar-refractivity contribution is -0.0498. The molecule has 0 bridgehead atoms. The second-order valence-corrected chi connectivity index (χ2v) is 6.64. The van der Waals surface area contributed by atoms with E-state index in [2.05, 4.69) is 20.1 Å². The standard InChI is InChI=1S/C20H29F2N5O2/c1-14-18(15(2)27(25-14)10-11-28-5)12-24-20(23-3)26(4)13-16-6-8-17(9-7-16)29-19(21)22/h6-9,19H,10-13H2,1-5H3,(H,23,24). The first kappa shape index (κ1) is 22.6. The van der Waals surface area contributed by atoms with Crippen molar-refractivity contribution < 1.29 is 18.3 Å². The molecule has 0 saturated heterocycles. The number of benzene rings is 1. The molecule has 0 spiro atoms. The van der Waals surface area contributed by atoms with Crippen molar-refractivity contribution in [3.63, 3.8) is 0 Å². The Morgan fingerprint density at radius 2 is 1.97 bits per heavy atom. The third-order valence-electron chi connectivity index (χ3n) is 4.60. The summed E-state index contributed by atoms with van der Waals surface area (Å²) in [5.41, 5.74) is 4.15. The van der Waals surface area contributed by atoms with Crippen molar-refractivity contribution in [2.45, 2.75) is 40.1 Å². The Labute approximate surface area is 170 Å². The summed E-state index contributed by atoms with van der Waals surface area (Å²) in [5.74, 6) is 0.867. The van der Waals surface area contributed by atoms with Crippen LogP contribution in [0.1, 0.15) is 22.5 Å². The van der Waals surface area contributed by atoms with Crippen molar-refractivity contribution in [2.24, 2.45) is 4.99 Å². The van der Waals surface area contributed by atoms with Gasteiger partial charge in [0, 0.05) is 45.6 Å². The van der Waals surface area contributed by atoms with E-state index in [0.29, 0.717) is 26.2 Å². The fourth-order valence-electron chi connectivity index (χ4n) is 3.06. The number of aryl methyl sites for hydroxylation is 1. The van der Waals surface area contributed by atoms with Gasteiger partial charge < -0.3 is 19.7 Å². The molecule has 1 heterocycles. The Morgan fingerprint density at radius 1 is 1.28 bits per heavy atom.